The standard InChI is InChI=1S/C8H11NO4S.Na/c10-5-7-2-1-3-8(4-7)9-6-14(11,12)13;/h1-4,9-10H,5-6H2,(H,11,12,13);/q;+1/p-1. The monoisotopic (exact) mass is 239 g/mol. The fraction of sp³-hybridized carbons (Fsp3) is 0.250. The molecule has 2 N–H and O–H groups in total. The molecule has 0 amide bonds. The molecular weight excluding hydrogens is 229 g/mol. The van der Waals surface area contributed by atoms with Crippen molar-refractivity contribution in [3.05, 3.63) is 29.8 Å². The summed E-state index contributed by atoms with van der Waals surface area (Å²) in [5.74, 6) is -0.651. The SMILES string of the molecule is O=S(=O)([O-])CNc1cccc(CO)c1.[Na+]. The van der Waals surface area contributed by atoms with Crippen LogP contribution >= 0.6 is 0 Å². The maximum atomic E-state index is 10.3. The summed E-state index contributed by atoms with van der Waals surface area (Å²) in [6, 6.07) is 6.54. The summed E-state index contributed by atoms with van der Waals surface area (Å²) in [4.78, 5) is 0. The molecule has 0 aromatic heterocycles. The van der Waals surface area contributed by atoms with Crippen molar-refractivity contribution in [2.24, 2.45) is 0 Å². The summed E-state index contributed by atoms with van der Waals surface area (Å²) in [6.45, 7) is -0.125. The summed E-state index contributed by atoms with van der Waals surface area (Å²) in [7, 11) is -4.27. The van der Waals surface area contributed by atoms with Gasteiger partial charge in [-0.2, -0.15) is 0 Å². The maximum absolute atomic E-state index is 10.3. The Balaban J connectivity index is 0.00000196. The average Bonchev–Trinajstić information content (AvgIpc) is 2.14. The van der Waals surface area contributed by atoms with E-state index in [1.165, 1.54) is 0 Å². The Hall–Kier alpha value is -0.110. The van der Waals surface area contributed by atoms with Crippen LogP contribution in [0.5, 0.6) is 0 Å². The molecule has 0 aliphatic carbocycles. The molecule has 0 aliphatic rings. The summed E-state index contributed by atoms with van der Waals surface area (Å²) >= 11 is 0. The topological polar surface area (TPSA) is 89.5 Å². The van der Waals surface area contributed by atoms with Crippen LogP contribution in [0.2, 0.25) is 0 Å². The molecule has 0 spiro atoms. The minimum Gasteiger partial charge on any atom is -0.747 e. The van der Waals surface area contributed by atoms with Crippen LogP contribution in [0.15, 0.2) is 24.3 Å². The molecule has 1 aromatic carbocycles. The fourth-order valence-corrected chi connectivity index (χ4v) is 1.29. The minimum atomic E-state index is -4.27. The fourth-order valence-electron chi connectivity index (χ4n) is 0.951. The van der Waals surface area contributed by atoms with Gasteiger partial charge < -0.3 is 15.0 Å². The molecule has 1 aromatic rings. The van der Waals surface area contributed by atoms with E-state index in [1.807, 2.05) is 0 Å². The largest absolute Gasteiger partial charge is 1.00 e. The van der Waals surface area contributed by atoms with E-state index in [0.29, 0.717) is 11.3 Å². The summed E-state index contributed by atoms with van der Waals surface area (Å²) < 4.78 is 30.9. The number of aliphatic hydroxyl groups is 1. The number of hydrogen-bond donors (Lipinski definition) is 2. The molecule has 0 bridgehead atoms. The van der Waals surface area contributed by atoms with E-state index >= 15 is 0 Å². The molecular formula is C8H10NNaO4S. The average molecular weight is 239 g/mol. The zero-order chi connectivity index (χ0) is 10.6. The van der Waals surface area contributed by atoms with Gasteiger partial charge >= 0.3 is 29.6 Å². The Morgan fingerprint density at radius 1 is 1.40 bits per heavy atom. The maximum Gasteiger partial charge on any atom is 1.00 e. The quantitative estimate of drug-likeness (QED) is 0.434. The summed E-state index contributed by atoms with van der Waals surface area (Å²) in [5.41, 5.74) is 1.15. The zero-order valence-electron chi connectivity index (χ0n) is 8.30. The Bertz CT molecular complexity index is 407. The predicted molar refractivity (Wildman–Crippen MR) is 50.6 cm³/mol. The van der Waals surface area contributed by atoms with E-state index < -0.39 is 16.0 Å². The van der Waals surface area contributed by atoms with Crippen LogP contribution in [0.4, 0.5) is 5.69 Å². The first-order valence-corrected chi connectivity index (χ1v) is 5.46. The van der Waals surface area contributed by atoms with E-state index in [0.717, 1.165) is 0 Å². The molecule has 1 rings (SSSR count). The van der Waals surface area contributed by atoms with Crippen molar-refractivity contribution in [1.29, 1.82) is 0 Å². The molecule has 0 heterocycles. The van der Waals surface area contributed by atoms with Crippen LogP contribution in [-0.4, -0.2) is 24.0 Å². The molecule has 0 fully saturated rings. The number of anilines is 1. The minimum absolute atomic E-state index is 0. The summed E-state index contributed by atoms with van der Waals surface area (Å²) in [5, 5.41) is 11.2. The Morgan fingerprint density at radius 2 is 2.07 bits per heavy atom. The third kappa shape index (κ3) is 6.14. The van der Waals surface area contributed by atoms with Crippen LogP contribution in [0, 0.1) is 0 Å². The van der Waals surface area contributed by atoms with Gasteiger partial charge in [0.2, 0.25) is 0 Å². The molecule has 0 unspecified atom stereocenters. The molecule has 15 heavy (non-hydrogen) atoms. The van der Waals surface area contributed by atoms with Crippen molar-refractivity contribution in [3.63, 3.8) is 0 Å². The number of benzene rings is 1. The van der Waals surface area contributed by atoms with Gasteiger partial charge in [-0.15, -0.1) is 0 Å². The van der Waals surface area contributed by atoms with Crippen LogP contribution in [0.1, 0.15) is 5.56 Å². The van der Waals surface area contributed by atoms with Crippen molar-refractivity contribution < 1.29 is 47.6 Å². The van der Waals surface area contributed by atoms with Gasteiger partial charge in [0.25, 0.3) is 0 Å². The number of hydrogen-bond acceptors (Lipinski definition) is 5. The van der Waals surface area contributed by atoms with Gasteiger partial charge in [-0.1, -0.05) is 12.1 Å². The molecule has 0 atom stereocenters. The van der Waals surface area contributed by atoms with Crippen LogP contribution in [-0.2, 0) is 16.7 Å². The van der Waals surface area contributed by atoms with Crippen LogP contribution in [0.3, 0.4) is 0 Å². The molecule has 7 heteroatoms. The first-order chi connectivity index (χ1) is 6.51. The third-order valence-corrected chi connectivity index (χ3v) is 2.06. The second-order valence-electron chi connectivity index (χ2n) is 2.74. The summed E-state index contributed by atoms with van der Waals surface area (Å²) in [6.07, 6.45) is 0. The second kappa shape index (κ2) is 6.47. The molecule has 5 nitrogen and oxygen atoms in total. The van der Waals surface area contributed by atoms with Gasteiger partial charge in [-0.25, -0.2) is 8.42 Å². The van der Waals surface area contributed by atoms with E-state index in [-0.39, 0.29) is 36.2 Å². The Morgan fingerprint density at radius 3 is 2.60 bits per heavy atom. The van der Waals surface area contributed by atoms with E-state index in [9.17, 15) is 13.0 Å². The van der Waals surface area contributed by atoms with Crippen molar-refractivity contribution in [3.8, 4) is 0 Å². The number of nitrogens with one attached hydrogen (secondary N) is 1. The van der Waals surface area contributed by atoms with Crippen LogP contribution < -0.4 is 34.9 Å². The first-order valence-electron chi connectivity index (χ1n) is 3.88. The van der Waals surface area contributed by atoms with Gasteiger partial charge in [0.05, 0.1) is 6.61 Å². The van der Waals surface area contributed by atoms with Gasteiger partial charge in [0, 0.05) is 5.69 Å². The van der Waals surface area contributed by atoms with E-state index in [1.54, 1.807) is 24.3 Å². The van der Waals surface area contributed by atoms with E-state index in [2.05, 4.69) is 5.32 Å². The number of rotatable bonds is 4. The van der Waals surface area contributed by atoms with E-state index in [4.69, 9.17) is 5.11 Å². The smallest absolute Gasteiger partial charge is 0.747 e. The Labute approximate surface area is 111 Å². The van der Waals surface area contributed by atoms with Gasteiger partial charge in [-0.3, -0.25) is 0 Å². The first kappa shape index (κ1) is 14.9. The number of aliphatic hydroxyl groups excluding tert-OH is 1. The molecule has 0 aliphatic heterocycles. The normalized spacial score (nSPS) is 10.5. The van der Waals surface area contributed by atoms with Crippen molar-refractivity contribution in [2.75, 3.05) is 11.2 Å². The molecule has 0 saturated carbocycles. The van der Waals surface area contributed by atoms with Crippen molar-refractivity contribution in [1.82, 2.24) is 0 Å². The Kier molecular flexibility index (Phi) is 6.42. The second-order valence-corrected chi connectivity index (χ2v) is 4.14. The van der Waals surface area contributed by atoms with Gasteiger partial charge in [0.1, 0.15) is 16.0 Å². The van der Waals surface area contributed by atoms with Gasteiger partial charge in [0.15, 0.2) is 0 Å². The third-order valence-electron chi connectivity index (χ3n) is 1.56. The zero-order valence-corrected chi connectivity index (χ0v) is 11.1. The predicted octanol–water partition coefficient (Wildman–Crippen LogP) is -2.90. The van der Waals surface area contributed by atoms with Crippen LogP contribution in [0.25, 0.3) is 0 Å². The van der Waals surface area contributed by atoms with Gasteiger partial charge in [-0.05, 0) is 17.7 Å². The molecule has 0 radical (unpaired) electrons. The molecule has 0 saturated heterocycles. The van der Waals surface area contributed by atoms with Crippen molar-refractivity contribution in [2.45, 2.75) is 6.61 Å². The molecule has 78 valence electrons. The van der Waals surface area contributed by atoms with Crippen molar-refractivity contribution >= 4 is 15.8 Å².